The molecule has 3 heterocycles. The monoisotopic (exact) mass is 339 g/mol. The van der Waals surface area contributed by atoms with Crippen LogP contribution in [-0.2, 0) is 0 Å². The summed E-state index contributed by atoms with van der Waals surface area (Å²) in [6, 6.07) is 5.67. The first kappa shape index (κ1) is 15.9. The smallest absolute Gasteiger partial charge is 0.329 e. The van der Waals surface area contributed by atoms with Crippen LogP contribution in [-0.4, -0.2) is 45.5 Å². The summed E-state index contributed by atoms with van der Waals surface area (Å²) >= 11 is 0. The number of imidazole rings is 1. The third-order valence-corrected chi connectivity index (χ3v) is 5.08. The molecule has 0 N–H and O–H groups in total. The Morgan fingerprint density at radius 2 is 2.24 bits per heavy atom. The first-order valence-corrected chi connectivity index (χ1v) is 8.69. The van der Waals surface area contributed by atoms with Crippen LogP contribution in [0, 0.1) is 12.8 Å². The predicted octanol–water partition coefficient (Wildman–Crippen LogP) is 2.91. The lowest BCUT2D eigenvalue weighted by Gasteiger charge is -2.38. The van der Waals surface area contributed by atoms with Crippen LogP contribution >= 0.6 is 0 Å². The second-order valence-electron chi connectivity index (χ2n) is 6.88. The number of carbonyl (C=O) groups is 2. The molecule has 0 saturated carbocycles. The number of aromatic nitrogens is 2. The van der Waals surface area contributed by atoms with Gasteiger partial charge in [0, 0.05) is 37.8 Å². The van der Waals surface area contributed by atoms with Gasteiger partial charge in [-0.15, -0.1) is 0 Å². The standard InChI is InChI=1S/C19H21N3O3/c1-13-4-5-17-15(9-13)16(23)10-18(25-17)14-3-2-7-21(11-14)19(24)22-8-6-20-12-22/h4-6,8-9,12,14,18H,2-3,7,10-11H2,1H3/t14-,18-/m1/s1. The summed E-state index contributed by atoms with van der Waals surface area (Å²) in [5.74, 6) is 0.970. The van der Waals surface area contributed by atoms with E-state index in [-0.39, 0.29) is 23.8 Å². The van der Waals surface area contributed by atoms with Crippen molar-refractivity contribution in [3.8, 4) is 5.75 Å². The number of ketones is 1. The number of ether oxygens (including phenoxy) is 1. The van der Waals surface area contributed by atoms with Gasteiger partial charge in [-0.1, -0.05) is 11.6 Å². The molecule has 1 amide bonds. The van der Waals surface area contributed by atoms with Gasteiger partial charge in [0.1, 0.15) is 18.2 Å². The second kappa shape index (κ2) is 6.35. The van der Waals surface area contributed by atoms with Crippen LogP contribution in [0.3, 0.4) is 0 Å². The first-order valence-electron chi connectivity index (χ1n) is 8.69. The van der Waals surface area contributed by atoms with Gasteiger partial charge in [0.15, 0.2) is 5.78 Å². The van der Waals surface area contributed by atoms with Crippen LogP contribution in [0.2, 0.25) is 0 Å². The molecule has 2 atom stereocenters. The van der Waals surface area contributed by atoms with Gasteiger partial charge in [0.05, 0.1) is 5.56 Å². The molecule has 6 nitrogen and oxygen atoms in total. The molecule has 1 aromatic carbocycles. The molecule has 4 rings (SSSR count). The zero-order valence-electron chi connectivity index (χ0n) is 14.2. The van der Waals surface area contributed by atoms with Gasteiger partial charge in [-0.3, -0.25) is 9.36 Å². The lowest BCUT2D eigenvalue weighted by molar-refractivity contribution is 0.0550. The largest absolute Gasteiger partial charge is 0.489 e. The number of piperidine rings is 1. The Balaban J connectivity index is 1.49. The number of amides is 1. The van der Waals surface area contributed by atoms with E-state index >= 15 is 0 Å². The molecule has 2 aliphatic heterocycles. The van der Waals surface area contributed by atoms with Gasteiger partial charge < -0.3 is 9.64 Å². The maximum absolute atomic E-state index is 12.5. The van der Waals surface area contributed by atoms with E-state index in [9.17, 15) is 9.59 Å². The van der Waals surface area contributed by atoms with Gasteiger partial charge in [0.25, 0.3) is 0 Å². The average molecular weight is 339 g/mol. The highest BCUT2D eigenvalue weighted by Crippen LogP contribution is 2.33. The third kappa shape index (κ3) is 3.04. The molecule has 0 radical (unpaired) electrons. The van der Waals surface area contributed by atoms with Crippen molar-refractivity contribution in [1.29, 1.82) is 0 Å². The number of rotatable bonds is 1. The van der Waals surface area contributed by atoms with E-state index < -0.39 is 0 Å². The van der Waals surface area contributed by atoms with Gasteiger partial charge >= 0.3 is 6.03 Å². The van der Waals surface area contributed by atoms with Crippen LogP contribution in [0.5, 0.6) is 5.75 Å². The van der Waals surface area contributed by atoms with Gasteiger partial charge in [-0.2, -0.15) is 0 Å². The second-order valence-corrected chi connectivity index (χ2v) is 6.88. The minimum absolute atomic E-state index is 0.0691. The molecule has 2 aromatic rings. The Morgan fingerprint density at radius 1 is 1.36 bits per heavy atom. The Morgan fingerprint density at radius 3 is 3.04 bits per heavy atom. The zero-order chi connectivity index (χ0) is 17.4. The number of Topliss-reactive ketones (excluding diaryl/α,β-unsaturated/α-hetero) is 1. The van der Waals surface area contributed by atoms with Crippen molar-refractivity contribution in [2.75, 3.05) is 13.1 Å². The maximum Gasteiger partial charge on any atom is 0.329 e. The van der Waals surface area contributed by atoms with E-state index in [1.807, 2.05) is 30.0 Å². The van der Waals surface area contributed by atoms with Crippen molar-refractivity contribution < 1.29 is 14.3 Å². The lowest BCUT2D eigenvalue weighted by Crippen LogP contribution is -2.47. The fraction of sp³-hybridized carbons (Fsp3) is 0.421. The van der Waals surface area contributed by atoms with Crippen molar-refractivity contribution in [3.63, 3.8) is 0 Å². The van der Waals surface area contributed by atoms with Crippen LogP contribution in [0.15, 0.2) is 36.9 Å². The molecule has 0 aliphatic carbocycles. The number of hydrogen-bond donors (Lipinski definition) is 0. The minimum Gasteiger partial charge on any atom is -0.489 e. The van der Waals surface area contributed by atoms with E-state index in [1.54, 1.807) is 12.4 Å². The van der Waals surface area contributed by atoms with Crippen LogP contribution < -0.4 is 4.74 Å². The SMILES string of the molecule is Cc1ccc2c(c1)C(=O)C[C@H]([C@@H]1CCCN(C(=O)n3ccnc3)C1)O2. The number of nitrogens with zero attached hydrogens (tertiary/aromatic N) is 3. The van der Waals surface area contributed by atoms with Gasteiger partial charge in [-0.05, 0) is 31.9 Å². The number of benzene rings is 1. The van der Waals surface area contributed by atoms with Crippen molar-refractivity contribution in [1.82, 2.24) is 14.5 Å². The van der Waals surface area contributed by atoms with E-state index in [1.165, 1.54) is 10.9 Å². The molecule has 130 valence electrons. The fourth-order valence-corrected chi connectivity index (χ4v) is 3.75. The topological polar surface area (TPSA) is 64.4 Å². The number of fused-ring (bicyclic) bond motifs is 1. The molecule has 25 heavy (non-hydrogen) atoms. The summed E-state index contributed by atoms with van der Waals surface area (Å²) < 4.78 is 7.63. The average Bonchev–Trinajstić information content (AvgIpc) is 3.16. The third-order valence-electron chi connectivity index (χ3n) is 5.08. The summed E-state index contributed by atoms with van der Waals surface area (Å²) in [7, 11) is 0. The Bertz CT molecular complexity index is 800. The Kier molecular flexibility index (Phi) is 4.03. The Labute approximate surface area is 146 Å². The zero-order valence-corrected chi connectivity index (χ0v) is 14.2. The molecule has 0 bridgehead atoms. The summed E-state index contributed by atoms with van der Waals surface area (Å²) in [5.41, 5.74) is 1.74. The molecular weight excluding hydrogens is 318 g/mol. The normalized spacial score (nSPS) is 23.1. The van der Waals surface area contributed by atoms with Crippen LogP contribution in [0.1, 0.15) is 35.2 Å². The molecule has 1 fully saturated rings. The van der Waals surface area contributed by atoms with Crippen LogP contribution in [0.4, 0.5) is 4.79 Å². The van der Waals surface area contributed by atoms with Crippen molar-refractivity contribution in [2.24, 2.45) is 5.92 Å². The highest BCUT2D eigenvalue weighted by molar-refractivity contribution is 6.00. The molecule has 0 unspecified atom stereocenters. The summed E-state index contributed by atoms with van der Waals surface area (Å²) in [4.78, 5) is 30.8. The number of likely N-dealkylation sites (tertiary alicyclic amines) is 1. The highest BCUT2D eigenvalue weighted by Gasteiger charge is 2.36. The van der Waals surface area contributed by atoms with E-state index in [4.69, 9.17) is 4.74 Å². The summed E-state index contributed by atoms with van der Waals surface area (Å²) in [6.07, 6.45) is 6.87. The molecule has 1 saturated heterocycles. The fourth-order valence-electron chi connectivity index (χ4n) is 3.75. The van der Waals surface area contributed by atoms with Crippen LogP contribution in [0.25, 0.3) is 0 Å². The van der Waals surface area contributed by atoms with Gasteiger partial charge in [0.2, 0.25) is 0 Å². The summed E-state index contributed by atoms with van der Waals surface area (Å²) in [5, 5.41) is 0. The van der Waals surface area contributed by atoms with Crippen molar-refractivity contribution in [3.05, 3.63) is 48.0 Å². The van der Waals surface area contributed by atoms with Crippen molar-refractivity contribution >= 4 is 11.8 Å². The Hall–Kier alpha value is -2.63. The quantitative estimate of drug-likeness (QED) is 0.801. The minimum atomic E-state index is -0.166. The number of carbonyl (C=O) groups excluding carboxylic acids is 2. The molecule has 0 spiro atoms. The predicted molar refractivity (Wildman–Crippen MR) is 91.9 cm³/mol. The molecule has 2 aliphatic rings. The van der Waals surface area contributed by atoms with Crippen molar-refractivity contribution in [2.45, 2.75) is 32.3 Å². The van der Waals surface area contributed by atoms with E-state index in [0.717, 1.165) is 24.9 Å². The number of hydrogen-bond acceptors (Lipinski definition) is 4. The molecular formula is C19H21N3O3. The molecule has 1 aromatic heterocycles. The lowest BCUT2D eigenvalue weighted by atomic mass is 9.86. The number of aryl methyl sites for hydroxylation is 1. The van der Waals surface area contributed by atoms with Gasteiger partial charge in [-0.25, -0.2) is 9.78 Å². The van der Waals surface area contributed by atoms with E-state index in [0.29, 0.717) is 24.3 Å². The molecule has 6 heteroatoms. The maximum atomic E-state index is 12.5. The highest BCUT2D eigenvalue weighted by atomic mass is 16.5. The first-order chi connectivity index (χ1) is 12.1. The van der Waals surface area contributed by atoms with E-state index in [2.05, 4.69) is 4.98 Å². The summed E-state index contributed by atoms with van der Waals surface area (Å²) in [6.45, 7) is 3.31.